The summed E-state index contributed by atoms with van der Waals surface area (Å²) in [5.74, 6) is 2.12. The summed E-state index contributed by atoms with van der Waals surface area (Å²) in [4.78, 5) is 23.3. The maximum absolute atomic E-state index is 12.3. The van der Waals surface area contributed by atoms with Gasteiger partial charge in [-0.05, 0) is 38.3 Å². The molecule has 0 radical (unpaired) electrons. The molecule has 7 heteroatoms. The number of hydrogen-bond donors (Lipinski definition) is 1. The number of carbonyl (C=O) groups excluding carboxylic acids is 1. The largest absolute Gasteiger partial charge is 0.436 e. The minimum atomic E-state index is 0.0388. The second kappa shape index (κ2) is 10.0. The molecule has 1 aliphatic rings. The molecule has 150 valence electrons. The Morgan fingerprint density at radius 2 is 1.89 bits per heavy atom. The van der Waals surface area contributed by atoms with E-state index in [-0.39, 0.29) is 11.8 Å². The average Bonchev–Trinajstić information content (AvgIpc) is 2.73. The van der Waals surface area contributed by atoms with Crippen molar-refractivity contribution in [2.45, 2.75) is 26.2 Å². The molecule has 28 heavy (non-hydrogen) atoms. The Hall–Kier alpha value is -2.67. The molecule has 0 spiro atoms. The molecule has 0 aliphatic carbocycles. The van der Waals surface area contributed by atoms with Crippen LogP contribution in [-0.2, 0) is 9.53 Å². The molecule has 1 N–H and O–H groups in total. The summed E-state index contributed by atoms with van der Waals surface area (Å²) < 4.78 is 11.0. The Balaban J connectivity index is 1.57. The highest BCUT2D eigenvalue weighted by Gasteiger charge is 2.27. The third-order valence-corrected chi connectivity index (χ3v) is 4.87. The fourth-order valence-electron chi connectivity index (χ4n) is 3.25. The van der Waals surface area contributed by atoms with Crippen molar-refractivity contribution < 1.29 is 14.3 Å². The van der Waals surface area contributed by atoms with Gasteiger partial charge in [0.1, 0.15) is 5.75 Å². The van der Waals surface area contributed by atoms with Crippen LogP contribution in [0, 0.1) is 12.8 Å². The van der Waals surface area contributed by atoms with Gasteiger partial charge in [-0.15, -0.1) is 0 Å². The number of aromatic nitrogens is 2. The van der Waals surface area contributed by atoms with E-state index in [9.17, 15) is 4.79 Å². The number of aryl methyl sites for hydroxylation is 1. The van der Waals surface area contributed by atoms with Crippen molar-refractivity contribution in [2.75, 3.05) is 38.3 Å². The lowest BCUT2D eigenvalue weighted by molar-refractivity contribution is -0.125. The van der Waals surface area contributed by atoms with Gasteiger partial charge < -0.3 is 19.7 Å². The van der Waals surface area contributed by atoms with Gasteiger partial charge in [-0.1, -0.05) is 17.7 Å². The van der Waals surface area contributed by atoms with Crippen molar-refractivity contribution >= 4 is 11.7 Å². The first-order valence-electron chi connectivity index (χ1n) is 9.74. The van der Waals surface area contributed by atoms with Crippen LogP contribution in [0.25, 0.3) is 0 Å². The van der Waals surface area contributed by atoms with Crippen LogP contribution in [0.2, 0.25) is 0 Å². The number of amides is 1. The minimum absolute atomic E-state index is 0.0388. The number of anilines is 1. The van der Waals surface area contributed by atoms with Crippen LogP contribution in [0.3, 0.4) is 0 Å². The van der Waals surface area contributed by atoms with Gasteiger partial charge in [0.05, 0.1) is 0 Å². The zero-order chi connectivity index (χ0) is 19.8. The van der Waals surface area contributed by atoms with Crippen LogP contribution < -0.4 is 15.0 Å². The fraction of sp³-hybridized carbons (Fsp3) is 0.476. The number of piperidine rings is 1. The van der Waals surface area contributed by atoms with Gasteiger partial charge in [-0.3, -0.25) is 4.79 Å². The van der Waals surface area contributed by atoms with Crippen LogP contribution >= 0.6 is 0 Å². The zero-order valence-corrected chi connectivity index (χ0v) is 16.6. The number of nitrogens with zero attached hydrogens (tertiary/aromatic N) is 3. The van der Waals surface area contributed by atoms with Crippen molar-refractivity contribution in [1.82, 2.24) is 15.3 Å². The smallest absolute Gasteiger partial charge is 0.263 e. The molecule has 2 aromatic rings. The van der Waals surface area contributed by atoms with E-state index in [4.69, 9.17) is 9.47 Å². The maximum Gasteiger partial charge on any atom is 0.263 e. The van der Waals surface area contributed by atoms with Crippen LogP contribution in [0.5, 0.6) is 11.6 Å². The lowest BCUT2D eigenvalue weighted by Crippen LogP contribution is -2.41. The van der Waals surface area contributed by atoms with Crippen molar-refractivity contribution in [3.8, 4) is 11.6 Å². The Kier molecular flexibility index (Phi) is 7.19. The third-order valence-electron chi connectivity index (χ3n) is 4.87. The Labute approximate surface area is 166 Å². The van der Waals surface area contributed by atoms with Crippen LogP contribution in [0.15, 0.2) is 36.7 Å². The lowest BCUT2D eigenvalue weighted by atomic mass is 9.96. The SMILES string of the molecule is COCCCNC(=O)C1CCN(c2nccnc2Oc2ccc(C)cc2)CC1. The van der Waals surface area contributed by atoms with Crippen LogP contribution in [0.4, 0.5) is 5.82 Å². The summed E-state index contributed by atoms with van der Waals surface area (Å²) in [6, 6.07) is 7.85. The molecule has 1 aromatic carbocycles. The molecule has 3 rings (SSSR count). The summed E-state index contributed by atoms with van der Waals surface area (Å²) in [6.07, 6.45) is 5.72. The van der Waals surface area contributed by atoms with Gasteiger partial charge in [0.15, 0.2) is 5.82 Å². The maximum atomic E-state index is 12.3. The molecule has 1 aliphatic heterocycles. The molecular formula is C21H28N4O3. The molecule has 0 saturated carbocycles. The molecule has 7 nitrogen and oxygen atoms in total. The van der Waals surface area contributed by atoms with Gasteiger partial charge in [-0.2, -0.15) is 0 Å². The van der Waals surface area contributed by atoms with Crippen molar-refractivity contribution in [3.63, 3.8) is 0 Å². The van der Waals surface area contributed by atoms with Crippen molar-refractivity contribution in [1.29, 1.82) is 0 Å². The van der Waals surface area contributed by atoms with Crippen molar-refractivity contribution in [2.24, 2.45) is 5.92 Å². The molecule has 1 aromatic heterocycles. The molecule has 0 atom stereocenters. The second-order valence-corrected chi connectivity index (χ2v) is 7.00. The summed E-state index contributed by atoms with van der Waals surface area (Å²) in [5, 5.41) is 3.00. The van der Waals surface area contributed by atoms with E-state index in [2.05, 4.69) is 20.2 Å². The first-order chi connectivity index (χ1) is 13.7. The zero-order valence-electron chi connectivity index (χ0n) is 16.6. The Morgan fingerprint density at radius 3 is 2.61 bits per heavy atom. The minimum Gasteiger partial charge on any atom is -0.436 e. The lowest BCUT2D eigenvalue weighted by Gasteiger charge is -2.32. The molecular weight excluding hydrogens is 356 g/mol. The molecule has 1 fully saturated rings. The average molecular weight is 384 g/mol. The van der Waals surface area contributed by atoms with Gasteiger partial charge in [0.2, 0.25) is 5.91 Å². The predicted octanol–water partition coefficient (Wildman–Crippen LogP) is 2.95. The normalized spacial score (nSPS) is 14.7. The summed E-state index contributed by atoms with van der Waals surface area (Å²) in [7, 11) is 1.67. The van der Waals surface area contributed by atoms with Gasteiger partial charge in [0.25, 0.3) is 5.88 Å². The van der Waals surface area contributed by atoms with Gasteiger partial charge >= 0.3 is 0 Å². The first kappa shape index (κ1) is 20.1. The molecule has 2 heterocycles. The van der Waals surface area contributed by atoms with E-state index < -0.39 is 0 Å². The second-order valence-electron chi connectivity index (χ2n) is 7.00. The molecule has 1 amide bonds. The molecule has 0 bridgehead atoms. The number of methoxy groups -OCH3 is 1. The molecule has 0 unspecified atom stereocenters. The fourth-order valence-corrected chi connectivity index (χ4v) is 3.25. The standard InChI is InChI=1S/C21H28N4O3/c1-16-4-6-18(7-5-16)28-21-19(22-11-12-24-21)25-13-8-17(9-14-25)20(26)23-10-3-15-27-2/h4-7,11-12,17H,3,8-10,13-15H2,1-2H3,(H,23,26). The number of hydrogen-bond acceptors (Lipinski definition) is 6. The Morgan fingerprint density at radius 1 is 1.18 bits per heavy atom. The number of rotatable bonds is 8. The Bertz CT molecular complexity index is 759. The number of benzene rings is 1. The third kappa shape index (κ3) is 5.42. The highest BCUT2D eigenvalue weighted by Crippen LogP contribution is 2.31. The van der Waals surface area contributed by atoms with Crippen molar-refractivity contribution in [3.05, 3.63) is 42.2 Å². The number of ether oxygens (including phenoxy) is 2. The highest BCUT2D eigenvalue weighted by molar-refractivity contribution is 5.79. The monoisotopic (exact) mass is 384 g/mol. The summed E-state index contributed by atoms with van der Waals surface area (Å²) >= 11 is 0. The van der Waals surface area contributed by atoms with Crippen LogP contribution in [0.1, 0.15) is 24.8 Å². The number of carbonyl (C=O) groups is 1. The van der Waals surface area contributed by atoms with Crippen LogP contribution in [-0.4, -0.2) is 49.2 Å². The quantitative estimate of drug-likeness (QED) is 0.705. The van der Waals surface area contributed by atoms with Gasteiger partial charge in [-0.25, -0.2) is 9.97 Å². The highest BCUT2D eigenvalue weighted by atomic mass is 16.5. The number of nitrogens with one attached hydrogen (secondary N) is 1. The van der Waals surface area contributed by atoms with E-state index in [1.54, 1.807) is 19.5 Å². The first-order valence-corrected chi connectivity index (χ1v) is 9.74. The topological polar surface area (TPSA) is 76.6 Å². The molecule has 1 saturated heterocycles. The van der Waals surface area contributed by atoms with E-state index in [1.807, 2.05) is 31.2 Å². The van der Waals surface area contributed by atoms with Gasteiger partial charge in [0, 0.05) is 51.7 Å². The van der Waals surface area contributed by atoms with E-state index >= 15 is 0 Å². The summed E-state index contributed by atoms with van der Waals surface area (Å²) in [5.41, 5.74) is 1.18. The van der Waals surface area contributed by atoms with E-state index in [0.717, 1.165) is 43.9 Å². The summed E-state index contributed by atoms with van der Waals surface area (Å²) in [6.45, 7) is 4.86. The van der Waals surface area contributed by atoms with E-state index in [1.165, 1.54) is 5.56 Å². The predicted molar refractivity (Wildman–Crippen MR) is 108 cm³/mol. The van der Waals surface area contributed by atoms with E-state index in [0.29, 0.717) is 19.0 Å².